The third kappa shape index (κ3) is 4.50. The lowest BCUT2D eigenvalue weighted by molar-refractivity contribution is 0.405. The molecule has 0 aliphatic rings. The zero-order valence-corrected chi connectivity index (χ0v) is 18.5. The van der Waals surface area contributed by atoms with Crippen molar-refractivity contribution in [3.63, 3.8) is 0 Å². The molecule has 0 saturated heterocycles. The molecule has 29 heavy (non-hydrogen) atoms. The summed E-state index contributed by atoms with van der Waals surface area (Å²) in [5, 5.41) is 16.3. The largest absolute Gasteiger partial charge is 0.418 e. The van der Waals surface area contributed by atoms with Crippen molar-refractivity contribution in [2.45, 2.75) is 45.2 Å². The molecule has 0 spiro atoms. The van der Waals surface area contributed by atoms with Crippen LogP contribution < -0.4 is 5.32 Å². The van der Waals surface area contributed by atoms with E-state index < -0.39 is 0 Å². The topological polar surface area (TPSA) is 51.0 Å². The third-order valence-electron chi connectivity index (χ3n) is 5.24. The lowest BCUT2D eigenvalue weighted by Crippen LogP contribution is -2.25. The molecule has 3 aromatic heterocycles. The standard InChI is InChI=1S/C23H25N3OS2/c1-4-15(2)17-9-11-18(12-10-17)21(19-7-5-13-28-19)24-16(3)22-25-26-23(27-22)20-8-6-14-29-20/h5-16,21,24H,4H2,1-3H3/t15-,16+,21+/m1/s1. The van der Waals surface area contributed by atoms with E-state index in [9.17, 15) is 0 Å². The number of hydrogen-bond acceptors (Lipinski definition) is 6. The summed E-state index contributed by atoms with van der Waals surface area (Å²) in [6, 6.07) is 17.2. The normalized spacial score (nSPS) is 14.6. The lowest BCUT2D eigenvalue weighted by Gasteiger charge is -2.22. The molecule has 0 amide bonds. The van der Waals surface area contributed by atoms with Crippen molar-refractivity contribution in [3.05, 3.63) is 81.2 Å². The molecule has 0 aliphatic carbocycles. The molecule has 3 atom stereocenters. The van der Waals surface area contributed by atoms with Crippen molar-refractivity contribution < 1.29 is 4.42 Å². The summed E-state index contributed by atoms with van der Waals surface area (Å²) in [6.07, 6.45) is 1.15. The molecule has 4 nitrogen and oxygen atoms in total. The van der Waals surface area contributed by atoms with Gasteiger partial charge in [0.25, 0.3) is 5.89 Å². The highest BCUT2D eigenvalue weighted by Gasteiger charge is 2.22. The molecule has 0 bridgehead atoms. The Labute approximate surface area is 179 Å². The Morgan fingerprint density at radius 2 is 1.66 bits per heavy atom. The minimum atomic E-state index is -0.0717. The van der Waals surface area contributed by atoms with Crippen LogP contribution in [0.15, 0.2) is 63.7 Å². The van der Waals surface area contributed by atoms with E-state index in [2.05, 4.69) is 78.1 Å². The zero-order valence-electron chi connectivity index (χ0n) is 16.8. The molecule has 1 N–H and O–H groups in total. The Balaban J connectivity index is 1.56. The van der Waals surface area contributed by atoms with E-state index in [-0.39, 0.29) is 12.1 Å². The summed E-state index contributed by atoms with van der Waals surface area (Å²) in [5.41, 5.74) is 2.62. The highest BCUT2D eigenvalue weighted by Crippen LogP contribution is 2.31. The Hall–Kier alpha value is -2.28. The summed E-state index contributed by atoms with van der Waals surface area (Å²) >= 11 is 3.35. The van der Waals surface area contributed by atoms with Gasteiger partial charge in [0, 0.05) is 4.88 Å². The maximum atomic E-state index is 5.94. The van der Waals surface area contributed by atoms with Gasteiger partial charge < -0.3 is 4.42 Å². The molecule has 4 rings (SSSR count). The van der Waals surface area contributed by atoms with Crippen LogP contribution in [0.25, 0.3) is 10.8 Å². The van der Waals surface area contributed by atoms with Crippen LogP contribution in [0.4, 0.5) is 0 Å². The van der Waals surface area contributed by atoms with Crippen molar-refractivity contribution in [3.8, 4) is 10.8 Å². The average molecular weight is 424 g/mol. The van der Waals surface area contributed by atoms with Gasteiger partial charge in [-0.05, 0) is 53.3 Å². The van der Waals surface area contributed by atoms with Crippen LogP contribution in [0.3, 0.4) is 0 Å². The van der Waals surface area contributed by atoms with Crippen LogP contribution in [0, 0.1) is 0 Å². The predicted octanol–water partition coefficient (Wildman–Crippen LogP) is 6.81. The van der Waals surface area contributed by atoms with Gasteiger partial charge in [-0.2, -0.15) is 0 Å². The van der Waals surface area contributed by atoms with E-state index in [0.29, 0.717) is 17.7 Å². The Morgan fingerprint density at radius 1 is 0.931 bits per heavy atom. The number of nitrogens with zero attached hydrogens (tertiary/aromatic N) is 2. The highest BCUT2D eigenvalue weighted by atomic mass is 32.1. The lowest BCUT2D eigenvalue weighted by atomic mass is 9.95. The number of rotatable bonds is 8. The first kappa shape index (κ1) is 20.0. The smallest absolute Gasteiger partial charge is 0.257 e. The molecule has 0 fully saturated rings. The van der Waals surface area contributed by atoms with Crippen LogP contribution in [0.5, 0.6) is 0 Å². The number of thiophene rings is 2. The van der Waals surface area contributed by atoms with Crippen LogP contribution in [-0.2, 0) is 0 Å². The second-order valence-corrected chi connectivity index (χ2v) is 9.16. The quantitative estimate of drug-likeness (QED) is 0.338. The number of nitrogens with one attached hydrogen (secondary N) is 1. The first-order valence-corrected chi connectivity index (χ1v) is 11.7. The molecule has 6 heteroatoms. The minimum absolute atomic E-state index is 0.0717. The van der Waals surface area contributed by atoms with Gasteiger partial charge in [0.15, 0.2) is 0 Å². The van der Waals surface area contributed by atoms with Gasteiger partial charge in [-0.1, -0.05) is 50.2 Å². The third-order valence-corrected chi connectivity index (χ3v) is 7.03. The van der Waals surface area contributed by atoms with Crippen molar-refractivity contribution in [1.29, 1.82) is 0 Å². The SMILES string of the molecule is CC[C@@H](C)c1ccc([C@H](N[C@@H](C)c2nnc(-c3cccs3)o2)c2cccs2)cc1. The molecule has 3 heterocycles. The maximum Gasteiger partial charge on any atom is 0.257 e. The summed E-state index contributed by atoms with van der Waals surface area (Å²) < 4.78 is 5.94. The summed E-state index contributed by atoms with van der Waals surface area (Å²) in [7, 11) is 0. The van der Waals surface area contributed by atoms with Gasteiger partial charge in [0.2, 0.25) is 5.89 Å². The number of aromatic nitrogens is 2. The molecule has 4 aromatic rings. The zero-order chi connectivity index (χ0) is 20.2. The van der Waals surface area contributed by atoms with Gasteiger partial charge in [0.1, 0.15) is 0 Å². The van der Waals surface area contributed by atoms with E-state index >= 15 is 0 Å². The van der Waals surface area contributed by atoms with Crippen molar-refractivity contribution in [2.75, 3.05) is 0 Å². The van der Waals surface area contributed by atoms with Crippen molar-refractivity contribution in [1.82, 2.24) is 15.5 Å². The monoisotopic (exact) mass is 423 g/mol. The summed E-state index contributed by atoms with van der Waals surface area (Å²) in [6.45, 7) is 6.57. The molecule has 0 unspecified atom stereocenters. The summed E-state index contributed by atoms with van der Waals surface area (Å²) in [4.78, 5) is 2.26. The average Bonchev–Trinajstić information content (AvgIpc) is 3.52. The van der Waals surface area contributed by atoms with Crippen molar-refractivity contribution >= 4 is 22.7 Å². The fraction of sp³-hybridized carbons (Fsp3) is 0.304. The Morgan fingerprint density at radius 3 is 2.31 bits per heavy atom. The van der Waals surface area contributed by atoms with Crippen LogP contribution >= 0.6 is 22.7 Å². The van der Waals surface area contributed by atoms with E-state index in [4.69, 9.17) is 4.42 Å². The second-order valence-electron chi connectivity index (χ2n) is 7.24. The van der Waals surface area contributed by atoms with Crippen LogP contribution in [0.1, 0.15) is 67.1 Å². The van der Waals surface area contributed by atoms with E-state index in [1.54, 1.807) is 22.7 Å². The first-order chi connectivity index (χ1) is 14.2. The highest BCUT2D eigenvalue weighted by molar-refractivity contribution is 7.13. The van der Waals surface area contributed by atoms with E-state index in [1.165, 1.54) is 16.0 Å². The van der Waals surface area contributed by atoms with Gasteiger partial charge in [-0.25, -0.2) is 0 Å². The van der Waals surface area contributed by atoms with Crippen LogP contribution in [0.2, 0.25) is 0 Å². The van der Waals surface area contributed by atoms with E-state index in [0.717, 1.165) is 11.3 Å². The van der Waals surface area contributed by atoms with Gasteiger partial charge >= 0.3 is 0 Å². The number of hydrogen-bond donors (Lipinski definition) is 1. The van der Waals surface area contributed by atoms with Gasteiger partial charge in [-0.15, -0.1) is 32.9 Å². The Kier molecular flexibility index (Phi) is 6.23. The fourth-order valence-corrected chi connectivity index (χ4v) is 4.74. The van der Waals surface area contributed by atoms with Gasteiger partial charge in [0.05, 0.1) is 17.0 Å². The molecule has 150 valence electrons. The molecule has 1 aromatic carbocycles. The molecule has 0 aliphatic heterocycles. The molecule has 0 saturated carbocycles. The Bertz CT molecular complexity index is 1010. The molecule has 0 radical (unpaired) electrons. The minimum Gasteiger partial charge on any atom is -0.418 e. The second kappa shape index (κ2) is 9.03. The number of benzene rings is 1. The predicted molar refractivity (Wildman–Crippen MR) is 120 cm³/mol. The van der Waals surface area contributed by atoms with E-state index in [1.807, 2.05) is 17.5 Å². The maximum absolute atomic E-state index is 5.94. The first-order valence-electron chi connectivity index (χ1n) is 9.92. The summed E-state index contributed by atoms with van der Waals surface area (Å²) in [5.74, 6) is 1.76. The fourth-order valence-electron chi connectivity index (χ4n) is 3.28. The molecular formula is C23H25N3OS2. The van der Waals surface area contributed by atoms with Crippen LogP contribution in [-0.4, -0.2) is 10.2 Å². The van der Waals surface area contributed by atoms with Gasteiger partial charge in [-0.3, -0.25) is 5.32 Å². The van der Waals surface area contributed by atoms with Crippen molar-refractivity contribution in [2.24, 2.45) is 0 Å². The molecular weight excluding hydrogens is 398 g/mol.